The van der Waals surface area contributed by atoms with E-state index >= 15 is 0 Å². The number of carboxylic acids is 1. The third-order valence-corrected chi connectivity index (χ3v) is 5.96. The zero-order valence-corrected chi connectivity index (χ0v) is 16.4. The SMILES string of the molecule is CCN1CCN(S(=O)(=O)c2ccnc(OCCOC)c2C(=O)O)CC1.Cl. The van der Waals surface area contributed by atoms with Crippen molar-refractivity contribution < 1.29 is 27.8 Å². The Labute approximate surface area is 159 Å². The number of aromatic carboxylic acids is 1. The molecule has 1 aromatic rings. The normalized spacial score (nSPS) is 16.1. The number of piperazine rings is 1. The van der Waals surface area contributed by atoms with Gasteiger partial charge >= 0.3 is 5.97 Å². The van der Waals surface area contributed by atoms with Crippen LogP contribution in [0.5, 0.6) is 5.88 Å². The van der Waals surface area contributed by atoms with Crippen molar-refractivity contribution in [3.8, 4) is 5.88 Å². The van der Waals surface area contributed by atoms with Gasteiger partial charge in [0.15, 0.2) is 0 Å². The molecule has 0 spiro atoms. The smallest absolute Gasteiger partial charge is 0.342 e. The van der Waals surface area contributed by atoms with E-state index in [0.717, 1.165) is 6.54 Å². The van der Waals surface area contributed by atoms with Gasteiger partial charge in [-0.05, 0) is 12.6 Å². The fourth-order valence-corrected chi connectivity index (χ4v) is 4.18. The molecule has 1 N–H and O–H groups in total. The largest absolute Gasteiger partial charge is 0.477 e. The number of hydrogen-bond acceptors (Lipinski definition) is 7. The van der Waals surface area contributed by atoms with Gasteiger partial charge in [0.1, 0.15) is 17.1 Å². The van der Waals surface area contributed by atoms with Crippen molar-refractivity contribution in [2.45, 2.75) is 11.8 Å². The van der Waals surface area contributed by atoms with Crippen molar-refractivity contribution in [2.24, 2.45) is 0 Å². The highest BCUT2D eigenvalue weighted by Crippen LogP contribution is 2.27. The summed E-state index contributed by atoms with van der Waals surface area (Å²) in [6, 6.07) is 1.20. The van der Waals surface area contributed by atoms with Gasteiger partial charge in [0.2, 0.25) is 15.9 Å². The van der Waals surface area contributed by atoms with Crippen molar-refractivity contribution in [3.05, 3.63) is 17.8 Å². The molecule has 11 heteroatoms. The molecule has 0 aromatic carbocycles. The number of sulfonamides is 1. The Morgan fingerprint density at radius 3 is 2.46 bits per heavy atom. The van der Waals surface area contributed by atoms with Gasteiger partial charge in [-0.15, -0.1) is 12.4 Å². The summed E-state index contributed by atoms with van der Waals surface area (Å²) in [6.45, 7) is 5.02. The quantitative estimate of drug-likeness (QED) is 0.620. The number of methoxy groups -OCH3 is 1. The lowest BCUT2D eigenvalue weighted by molar-refractivity contribution is 0.0683. The number of carboxylic acid groups (broad SMARTS) is 1. The van der Waals surface area contributed by atoms with Crippen LogP contribution in [-0.4, -0.2) is 86.7 Å². The van der Waals surface area contributed by atoms with Crippen LogP contribution < -0.4 is 4.74 Å². The molecule has 26 heavy (non-hydrogen) atoms. The van der Waals surface area contributed by atoms with Gasteiger partial charge in [-0.1, -0.05) is 6.92 Å². The molecule has 1 saturated heterocycles. The first kappa shape index (κ1) is 22.6. The second-order valence-corrected chi connectivity index (χ2v) is 7.38. The monoisotopic (exact) mass is 409 g/mol. The molecule has 1 fully saturated rings. The van der Waals surface area contributed by atoms with Crippen LogP contribution >= 0.6 is 12.4 Å². The molecular weight excluding hydrogens is 386 g/mol. The van der Waals surface area contributed by atoms with Gasteiger partial charge in [-0.25, -0.2) is 18.2 Å². The zero-order chi connectivity index (χ0) is 18.4. The standard InChI is InChI=1S/C15H23N3O6S.ClH/c1-3-17-6-8-18(9-7-17)25(21,22)12-4-5-16-14(13(12)15(19)20)24-11-10-23-2;/h4-5H,3,6-11H2,1-2H3,(H,19,20);1H. The molecule has 1 aromatic heterocycles. The highest BCUT2D eigenvalue weighted by atomic mass is 35.5. The molecule has 1 aliphatic rings. The Morgan fingerprint density at radius 1 is 1.27 bits per heavy atom. The third kappa shape index (κ3) is 5.04. The number of carbonyl (C=O) groups is 1. The van der Waals surface area contributed by atoms with Crippen LogP contribution in [0, 0.1) is 0 Å². The summed E-state index contributed by atoms with van der Waals surface area (Å²) in [4.78, 5) is 17.4. The number of nitrogens with zero attached hydrogens (tertiary/aromatic N) is 3. The number of hydrogen-bond donors (Lipinski definition) is 1. The Hall–Kier alpha value is -1.46. The second-order valence-electron chi connectivity index (χ2n) is 5.47. The van der Waals surface area contributed by atoms with Gasteiger partial charge in [-0.3, -0.25) is 0 Å². The summed E-state index contributed by atoms with van der Waals surface area (Å²) < 4.78 is 37.3. The predicted molar refractivity (Wildman–Crippen MR) is 96.7 cm³/mol. The molecule has 0 amide bonds. The third-order valence-electron chi connectivity index (χ3n) is 4.01. The van der Waals surface area contributed by atoms with Crippen LogP contribution in [0.25, 0.3) is 0 Å². The molecule has 1 aliphatic heterocycles. The Bertz CT molecular complexity index is 707. The summed E-state index contributed by atoms with van der Waals surface area (Å²) in [6.07, 6.45) is 1.24. The lowest BCUT2D eigenvalue weighted by atomic mass is 10.3. The molecule has 2 rings (SSSR count). The van der Waals surface area contributed by atoms with Gasteiger partial charge in [0.05, 0.1) is 6.61 Å². The zero-order valence-electron chi connectivity index (χ0n) is 14.8. The molecule has 148 valence electrons. The fraction of sp³-hybridized carbons (Fsp3) is 0.600. The van der Waals surface area contributed by atoms with Crippen molar-refractivity contribution in [1.82, 2.24) is 14.2 Å². The maximum absolute atomic E-state index is 12.9. The number of pyridine rings is 1. The van der Waals surface area contributed by atoms with E-state index in [1.807, 2.05) is 6.92 Å². The summed E-state index contributed by atoms with van der Waals surface area (Å²) in [5.74, 6) is -1.62. The van der Waals surface area contributed by atoms with Gasteiger partial charge in [-0.2, -0.15) is 4.31 Å². The lowest BCUT2D eigenvalue weighted by Gasteiger charge is -2.33. The summed E-state index contributed by atoms with van der Waals surface area (Å²) in [7, 11) is -2.47. The molecule has 2 heterocycles. The predicted octanol–water partition coefficient (Wildman–Crippen LogP) is 0.553. The number of likely N-dealkylation sites (N-methyl/N-ethyl adjacent to an activating group) is 1. The molecule has 0 atom stereocenters. The average molecular weight is 410 g/mol. The number of halogens is 1. The van der Waals surface area contributed by atoms with Crippen LogP contribution in [0.1, 0.15) is 17.3 Å². The average Bonchev–Trinajstić information content (AvgIpc) is 2.61. The molecule has 0 bridgehead atoms. The Kier molecular flexibility index (Phi) is 8.71. The first-order valence-corrected chi connectivity index (χ1v) is 9.42. The minimum Gasteiger partial charge on any atom is -0.477 e. The number of ether oxygens (including phenoxy) is 2. The van der Waals surface area contributed by atoms with Crippen LogP contribution in [-0.2, 0) is 14.8 Å². The van der Waals surface area contributed by atoms with Gasteiger partial charge in [0.25, 0.3) is 0 Å². The van der Waals surface area contributed by atoms with Crippen LogP contribution in [0.3, 0.4) is 0 Å². The van der Waals surface area contributed by atoms with E-state index < -0.39 is 21.6 Å². The van der Waals surface area contributed by atoms with Crippen LogP contribution in [0.4, 0.5) is 0 Å². The second kappa shape index (κ2) is 10.0. The highest BCUT2D eigenvalue weighted by molar-refractivity contribution is 7.89. The van der Waals surface area contributed by atoms with E-state index in [9.17, 15) is 18.3 Å². The van der Waals surface area contributed by atoms with E-state index in [2.05, 4.69) is 9.88 Å². The first-order valence-electron chi connectivity index (χ1n) is 7.98. The summed E-state index contributed by atoms with van der Waals surface area (Å²) in [5, 5.41) is 9.50. The topological polar surface area (TPSA) is 109 Å². The van der Waals surface area contributed by atoms with E-state index in [-0.39, 0.29) is 36.4 Å². The first-order chi connectivity index (χ1) is 11.9. The molecule has 0 saturated carbocycles. The minimum atomic E-state index is -3.95. The molecule has 0 aliphatic carbocycles. The maximum atomic E-state index is 12.9. The lowest BCUT2D eigenvalue weighted by Crippen LogP contribution is -2.48. The maximum Gasteiger partial charge on any atom is 0.342 e. The van der Waals surface area contributed by atoms with Crippen molar-refractivity contribution in [1.29, 1.82) is 0 Å². The number of aromatic nitrogens is 1. The highest BCUT2D eigenvalue weighted by Gasteiger charge is 2.33. The minimum absolute atomic E-state index is 0. The Morgan fingerprint density at radius 2 is 1.92 bits per heavy atom. The van der Waals surface area contributed by atoms with Gasteiger partial charge in [0, 0.05) is 39.5 Å². The van der Waals surface area contributed by atoms with Crippen molar-refractivity contribution in [3.63, 3.8) is 0 Å². The fourth-order valence-electron chi connectivity index (χ4n) is 2.59. The molecular formula is C15H24ClN3O6S. The van der Waals surface area contributed by atoms with E-state index in [1.165, 1.54) is 23.7 Å². The summed E-state index contributed by atoms with van der Waals surface area (Å²) >= 11 is 0. The number of rotatable bonds is 8. The Balaban J connectivity index is 0.00000338. The van der Waals surface area contributed by atoms with E-state index in [0.29, 0.717) is 26.2 Å². The van der Waals surface area contributed by atoms with E-state index in [1.54, 1.807) is 0 Å². The van der Waals surface area contributed by atoms with Crippen LogP contribution in [0.2, 0.25) is 0 Å². The molecule has 9 nitrogen and oxygen atoms in total. The molecule has 0 unspecified atom stereocenters. The molecule has 0 radical (unpaired) electrons. The van der Waals surface area contributed by atoms with Crippen molar-refractivity contribution >= 4 is 28.4 Å². The summed E-state index contributed by atoms with van der Waals surface area (Å²) in [5.41, 5.74) is -0.448. The van der Waals surface area contributed by atoms with Gasteiger partial charge < -0.3 is 19.5 Å². The van der Waals surface area contributed by atoms with E-state index in [4.69, 9.17) is 9.47 Å². The van der Waals surface area contributed by atoms with Crippen LogP contribution in [0.15, 0.2) is 17.2 Å². The van der Waals surface area contributed by atoms with Crippen molar-refractivity contribution in [2.75, 3.05) is 53.0 Å².